The van der Waals surface area contributed by atoms with Gasteiger partial charge in [0.05, 0.1) is 12.8 Å². The third-order valence-electron chi connectivity index (χ3n) is 3.75. The van der Waals surface area contributed by atoms with Crippen molar-refractivity contribution in [2.75, 3.05) is 13.7 Å². The average molecular weight is 336 g/mol. The molecule has 1 N–H and O–H groups in total. The predicted octanol–water partition coefficient (Wildman–Crippen LogP) is 2.99. The summed E-state index contributed by atoms with van der Waals surface area (Å²) in [5.41, 5.74) is 3.59. The van der Waals surface area contributed by atoms with Crippen LogP contribution in [-0.2, 0) is 19.5 Å². The van der Waals surface area contributed by atoms with Gasteiger partial charge in [0.25, 0.3) is 0 Å². The summed E-state index contributed by atoms with van der Waals surface area (Å²) in [5.74, 6) is 1.98. The number of methoxy groups -OCH3 is 1. The van der Waals surface area contributed by atoms with Crippen molar-refractivity contribution >= 4 is 15.9 Å². The van der Waals surface area contributed by atoms with E-state index in [9.17, 15) is 0 Å². The van der Waals surface area contributed by atoms with Crippen molar-refractivity contribution in [2.24, 2.45) is 0 Å². The van der Waals surface area contributed by atoms with Crippen molar-refractivity contribution in [1.29, 1.82) is 0 Å². The molecule has 1 aliphatic rings. The molecule has 20 heavy (non-hydrogen) atoms. The summed E-state index contributed by atoms with van der Waals surface area (Å²) >= 11 is 3.57. The Kier molecular flexibility index (Phi) is 3.81. The number of ether oxygens (including phenoxy) is 1. The fourth-order valence-electron chi connectivity index (χ4n) is 2.68. The molecule has 1 aromatic carbocycles. The van der Waals surface area contributed by atoms with Crippen LogP contribution in [0.25, 0.3) is 11.4 Å². The number of nitrogens with zero attached hydrogens (tertiary/aromatic N) is 2. The van der Waals surface area contributed by atoms with Crippen LogP contribution < -0.4 is 10.1 Å². The van der Waals surface area contributed by atoms with Gasteiger partial charge in [0.15, 0.2) is 0 Å². The van der Waals surface area contributed by atoms with Crippen LogP contribution in [0.1, 0.15) is 18.2 Å². The van der Waals surface area contributed by atoms with E-state index in [2.05, 4.69) is 44.9 Å². The molecule has 0 unspecified atom stereocenters. The first-order valence-corrected chi connectivity index (χ1v) is 7.66. The zero-order valence-corrected chi connectivity index (χ0v) is 13.3. The lowest BCUT2D eigenvalue weighted by Crippen LogP contribution is -2.28. The summed E-state index contributed by atoms with van der Waals surface area (Å²) in [5, 5.41) is 3.38. The molecule has 1 aromatic heterocycles. The molecule has 2 aromatic rings. The van der Waals surface area contributed by atoms with Gasteiger partial charge in [0.2, 0.25) is 0 Å². The van der Waals surface area contributed by atoms with Gasteiger partial charge in [-0.2, -0.15) is 0 Å². The minimum atomic E-state index is 0.865. The van der Waals surface area contributed by atoms with Crippen molar-refractivity contribution in [1.82, 2.24) is 14.9 Å². The van der Waals surface area contributed by atoms with E-state index < -0.39 is 0 Å². The molecule has 106 valence electrons. The maximum atomic E-state index is 5.40. The molecule has 0 saturated carbocycles. The number of rotatable bonds is 3. The Hall–Kier alpha value is -1.33. The topological polar surface area (TPSA) is 39.1 Å². The van der Waals surface area contributed by atoms with Crippen molar-refractivity contribution in [3.63, 3.8) is 0 Å². The monoisotopic (exact) mass is 335 g/mol. The van der Waals surface area contributed by atoms with E-state index in [4.69, 9.17) is 9.72 Å². The molecule has 0 atom stereocenters. The van der Waals surface area contributed by atoms with Crippen LogP contribution in [0.3, 0.4) is 0 Å². The normalized spacial score (nSPS) is 14.2. The standard InChI is InChI=1S/C15H18BrN3O/c1-3-10-8-11(4-5-13(10)20-2)15-18-14(16)12-9-17-6-7-19(12)15/h4-5,8,17H,3,6-7,9H2,1-2H3. The van der Waals surface area contributed by atoms with Gasteiger partial charge in [-0.05, 0) is 46.1 Å². The van der Waals surface area contributed by atoms with Gasteiger partial charge in [0, 0.05) is 25.2 Å². The molecule has 0 fully saturated rings. The molecular formula is C15H18BrN3O. The number of imidazole rings is 1. The van der Waals surface area contributed by atoms with E-state index in [1.165, 1.54) is 11.3 Å². The van der Waals surface area contributed by atoms with Crippen LogP contribution in [0.4, 0.5) is 0 Å². The van der Waals surface area contributed by atoms with E-state index in [1.807, 2.05) is 6.07 Å². The number of halogens is 1. The first-order chi connectivity index (χ1) is 9.74. The molecule has 2 heterocycles. The van der Waals surface area contributed by atoms with Gasteiger partial charge in [-0.3, -0.25) is 0 Å². The van der Waals surface area contributed by atoms with Gasteiger partial charge in [-0.1, -0.05) is 6.92 Å². The summed E-state index contributed by atoms with van der Waals surface area (Å²) in [6, 6.07) is 6.30. The van der Waals surface area contributed by atoms with Crippen LogP contribution in [0.2, 0.25) is 0 Å². The lowest BCUT2D eigenvalue weighted by molar-refractivity contribution is 0.410. The molecule has 0 amide bonds. The lowest BCUT2D eigenvalue weighted by Gasteiger charge is -2.18. The minimum Gasteiger partial charge on any atom is -0.496 e. The molecule has 0 aliphatic carbocycles. The van der Waals surface area contributed by atoms with Crippen LogP contribution in [0, 0.1) is 0 Å². The number of aryl methyl sites for hydroxylation is 1. The molecule has 0 saturated heterocycles. The van der Waals surface area contributed by atoms with Gasteiger partial charge in [-0.25, -0.2) is 4.98 Å². The Labute approximate surface area is 127 Å². The molecule has 0 radical (unpaired) electrons. The average Bonchev–Trinajstić information content (AvgIpc) is 2.84. The van der Waals surface area contributed by atoms with Crippen molar-refractivity contribution in [3.8, 4) is 17.1 Å². The Morgan fingerprint density at radius 3 is 3.05 bits per heavy atom. The second-order valence-electron chi connectivity index (χ2n) is 4.88. The van der Waals surface area contributed by atoms with E-state index >= 15 is 0 Å². The first-order valence-electron chi connectivity index (χ1n) is 6.87. The Morgan fingerprint density at radius 1 is 1.45 bits per heavy atom. The number of aromatic nitrogens is 2. The number of benzene rings is 1. The highest BCUT2D eigenvalue weighted by molar-refractivity contribution is 9.10. The minimum absolute atomic E-state index is 0.865. The second-order valence-corrected chi connectivity index (χ2v) is 5.63. The number of hydrogen-bond acceptors (Lipinski definition) is 3. The fourth-order valence-corrected chi connectivity index (χ4v) is 3.20. The third-order valence-corrected chi connectivity index (χ3v) is 4.38. The number of nitrogens with one attached hydrogen (secondary N) is 1. The van der Waals surface area contributed by atoms with Gasteiger partial charge >= 0.3 is 0 Å². The van der Waals surface area contributed by atoms with Crippen LogP contribution in [0.5, 0.6) is 5.75 Å². The molecule has 0 bridgehead atoms. The highest BCUT2D eigenvalue weighted by Gasteiger charge is 2.19. The molecule has 0 spiro atoms. The Balaban J connectivity index is 2.09. The Morgan fingerprint density at radius 2 is 2.30 bits per heavy atom. The Bertz CT molecular complexity index is 636. The van der Waals surface area contributed by atoms with Crippen LogP contribution in [-0.4, -0.2) is 23.2 Å². The number of fused-ring (bicyclic) bond motifs is 1. The molecule has 1 aliphatic heterocycles. The highest BCUT2D eigenvalue weighted by atomic mass is 79.9. The van der Waals surface area contributed by atoms with Gasteiger partial charge in [-0.15, -0.1) is 0 Å². The van der Waals surface area contributed by atoms with E-state index in [1.54, 1.807) is 7.11 Å². The molecule has 4 nitrogen and oxygen atoms in total. The SMILES string of the molecule is CCc1cc(-c2nc(Br)c3n2CCNC3)ccc1OC. The fraction of sp³-hybridized carbons (Fsp3) is 0.400. The second kappa shape index (κ2) is 5.58. The predicted molar refractivity (Wildman–Crippen MR) is 83.0 cm³/mol. The zero-order valence-electron chi connectivity index (χ0n) is 11.7. The van der Waals surface area contributed by atoms with Gasteiger partial charge in [0.1, 0.15) is 16.2 Å². The summed E-state index contributed by atoms with van der Waals surface area (Å²) in [4.78, 5) is 4.69. The zero-order chi connectivity index (χ0) is 14.1. The summed E-state index contributed by atoms with van der Waals surface area (Å²) in [6.07, 6.45) is 0.952. The molecular weight excluding hydrogens is 318 g/mol. The summed E-state index contributed by atoms with van der Waals surface area (Å²) in [6.45, 7) is 4.95. The van der Waals surface area contributed by atoms with E-state index in [0.29, 0.717) is 0 Å². The van der Waals surface area contributed by atoms with E-state index in [0.717, 1.165) is 47.8 Å². The largest absolute Gasteiger partial charge is 0.496 e. The van der Waals surface area contributed by atoms with E-state index in [-0.39, 0.29) is 0 Å². The van der Waals surface area contributed by atoms with Crippen LogP contribution >= 0.6 is 15.9 Å². The van der Waals surface area contributed by atoms with Crippen molar-refractivity contribution < 1.29 is 4.74 Å². The summed E-state index contributed by atoms with van der Waals surface area (Å²) < 4.78 is 8.63. The number of hydrogen-bond donors (Lipinski definition) is 1. The summed E-state index contributed by atoms with van der Waals surface area (Å²) in [7, 11) is 1.72. The molecule has 5 heteroatoms. The first kappa shape index (κ1) is 13.6. The smallest absolute Gasteiger partial charge is 0.141 e. The van der Waals surface area contributed by atoms with Crippen molar-refractivity contribution in [3.05, 3.63) is 34.1 Å². The van der Waals surface area contributed by atoms with Crippen molar-refractivity contribution in [2.45, 2.75) is 26.4 Å². The van der Waals surface area contributed by atoms with Crippen LogP contribution in [0.15, 0.2) is 22.8 Å². The molecule has 3 rings (SSSR count). The lowest BCUT2D eigenvalue weighted by atomic mass is 10.1. The maximum Gasteiger partial charge on any atom is 0.141 e. The highest BCUT2D eigenvalue weighted by Crippen LogP contribution is 2.30. The quantitative estimate of drug-likeness (QED) is 0.937. The maximum absolute atomic E-state index is 5.40. The third kappa shape index (κ3) is 2.25. The van der Waals surface area contributed by atoms with Gasteiger partial charge < -0.3 is 14.6 Å².